The van der Waals surface area contributed by atoms with Gasteiger partial charge in [-0.2, -0.15) is 0 Å². The number of nitrogens with one attached hydrogen (secondary N) is 1. The van der Waals surface area contributed by atoms with Crippen molar-refractivity contribution in [3.05, 3.63) is 34.9 Å². The lowest BCUT2D eigenvalue weighted by atomic mass is 9.96. The first-order chi connectivity index (χ1) is 8.70. The van der Waals surface area contributed by atoms with Crippen LogP contribution in [0.5, 0.6) is 0 Å². The highest BCUT2D eigenvalue weighted by Gasteiger charge is 2.15. The van der Waals surface area contributed by atoms with Gasteiger partial charge in [-0.15, -0.1) is 0 Å². The van der Waals surface area contributed by atoms with Crippen LogP contribution in [0, 0.1) is 5.92 Å². The third-order valence-electron chi connectivity index (χ3n) is 4.00. The Labute approximate surface area is 111 Å². The van der Waals surface area contributed by atoms with Crippen molar-refractivity contribution in [2.75, 3.05) is 0 Å². The van der Waals surface area contributed by atoms with Crippen molar-refractivity contribution in [1.29, 1.82) is 0 Å². The second-order valence-electron chi connectivity index (χ2n) is 5.93. The number of nitrogens with two attached hydrogens (primary N) is 1. The lowest BCUT2D eigenvalue weighted by Crippen LogP contribution is -2.28. The van der Waals surface area contributed by atoms with Gasteiger partial charge in [0.05, 0.1) is 0 Å². The molecule has 2 nitrogen and oxygen atoms in total. The normalized spacial score (nSPS) is 16.0. The highest BCUT2D eigenvalue weighted by atomic mass is 15.2. The predicted molar refractivity (Wildman–Crippen MR) is 77.2 cm³/mol. The van der Waals surface area contributed by atoms with Gasteiger partial charge < -0.3 is 0 Å². The number of rotatable bonds is 6. The Morgan fingerprint density at radius 3 is 2.67 bits per heavy atom. The molecule has 1 aliphatic carbocycles. The van der Waals surface area contributed by atoms with Crippen LogP contribution in [0.15, 0.2) is 18.2 Å². The van der Waals surface area contributed by atoms with E-state index in [1.165, 1.54) is 48.8 Å². The molecule has 2 heteroatoms. The van der Waals surface area contributed by atoms with Gasteiger partial charge in [-0.05, 0) is 48.3 Å². The molecule has 1 atom stereocenters. The minimum atomic E-state index is 0.314. The standard InChI is InChI=1S/C16H26N2/c1-12(2)5-3-8-16(18-17)15-10-9-13-6-4-7-14(13)11-15/h9-12,16,18H,3-8,17H2,1-2H3. The third-order valence-corrected chi connectivity index (χ3v) is 4.00. The van der Waals surface area contributed by atoms with Crippen molar-refractivity contribution in [3.63, 3.8) is 0 Å². The molecular weight excluding hydrogens is 220 g/mol. The topological polar surface area (TPSA) is 38.0 Å². The molecule has 1 unspecified atom stereocenters. The minimum Gasteiger partial charge on any atom is -0.271 e. The van der Waals surface area contributed by atoms with E-state index in [2.05, 4.69) is 37.5 Å². The van der Waals surface area contributed by atoms with Crippen LogP contribution in [-0.4, -0.2) is 0 Å². The molecule has 0 bridgehead atoms. The molecular formula is C16H26N2. The van der Waals surface area contributed by atoms with E-state index in [-0.39, 0.29) is 0 Å². The lowest BCUT2D eigenvalue weighted by Gasteiger charge is -2.18. The molecule has 0 amide bonds. The van der Waals surface area contributed by atoms with E-state index in [1.54, 1.807) is 0 Å². The fourth-order valence-corrected chi connectivity index (χ4v) is 2.88. The molecule has 0 fully saturated rings. The summed E-state index contributed by atoms with van der Waals surface area (Å²) in [7, 11) is 0. The Hall–Kier alpha value is -0.860. The van der Waals surface area contributed by atoms with Crippen LogP contribution in [0.25, 0.3) is 0 Å². The summed E-state index contributed by atoms with van der Waals surface area (Å²) in [5.74, 6) is 6.50. The summed E-state index contributed by atoms with van der Waals surface area (Å²) in [6.07, 6.45) is 7.46. The van der Waals surface area contributed by atoms with E-state index in [4.69, 9.17) is 5.84 Å². The van der Waals surface area contributed by atoms with Crippen LogP contribution < -0.4 is 11.3 Å². The van der Waals surface area contributed by atoms with Gasteiger partial charge in [-0.25, -0.2) is 0 Å². The van der Waals surface area contributed by atoms with Crippen LogP contribution in [-0.2, 0) is 12.8 Å². The highest BCUT2D eigenvalue weighted by Crippen LogP contribution is 2.27. The van der Waals surface area contributed by atoms with E-state index < -0.39 is 0 Å². The number of benzene rings is 1. The SMILES string of the molecule is CC(C)CCCC(NN)c1ccc2c(c1)CCC2. The maximum atomic E-state index is 5.72. The first-order valence-corrected chi connectivity index (χ1v) is 7.28. The summed E-state index contributed by atoms with van der Waals surface area (Å²) in [5.41, 5.74) is 7.42. The predicted octanol–water partition coefficient (Wildman–Crippen LogP) is 3.51. The van der Waals surface area contributed by atoms with Gasteiger partial charge in [0.1, 0.15) is 0 Å². The monoisotopic (exact) mass is 246 g/mol. The summed E-state index contributed by atoms with van der Waals surface area (Å²) in [4.78, 5) is 0. The molecule has 1 aromatic rings. The molecule has 1 aliphatic rings. The van der Waals surface area contributed by atoms with Crippen LogP contribution in [0.1, 0.15) is 62.3 Å². The molecule has 18 heavy (non-hydrogen) atoms. The minimum absolute atomic E-state index is 0.314. The number of hydrazine groups is 1. The number of hydrogen-bond donors (Lipinski definition) is 2. The summed E-state index contributed by atoms with van der Waals surface area (Å²) in [6, 6.07) is 7.23. The number of aryl methyl sites for hydroxylation is 2. The summed E-state index contributed by atoms with van der Waals surface area (Å²) < 4.78 is 0. The smallest absolute Gasteiger partial charge is 0.0460 e. The zero-order valence-corrected chi connectivity index (χ0v) is 11.7. The maximum absolute atomic E-state index is 5.72. The van der Waals surface area contributed by atoms with Crippen molar-refractivity contribution < 1.29 is 0 Å². The Morgan fingerprint density at radius 1 is 1.17 bits per heavy atom. The molecule has 0 aliphatic heterocycles. The van der Waals surface area contributed by atoms with E-state index in [9.17, 15) is 0 Å². The zero-order valence-electron chi connectivity index (χ0n) is 11.7. The van der Waals surface area contributed by atoms with Gasteiger partial charge in [0, 0.05) is 6.04 Å². The van der Waals surface area contributed by atoms with Gasteiger partial charge in [-0.3, -0.25) is 11.3 Å². The van der Waals surface area contributed by atoms with Crippen LogP contribution in [0.3, 0.4) is 0 Å². The van der Waals surface area contributed by atoms with Crippen molar-refractivity contribution in [2.24, 2.45) is 11.8 Å². The Bertz CT molecular complexity index is 385. The van der Waals surface area contributed by atoms with E-state index >= 15 is 0 Å². The van der Waals surface area contributed by atoms with Crippen LogP contribution in [0.2, 0.25) is 0 Å². The largest absolute Gasteiger partial charge is 0.271 e. The quantitative estimate of drug-likeness (QED) is 0.595. The van der Waals surface area contributed by atoms with Crippen molar-refractivity contribution in [1.82, 2.24) is 5.43 Å². The van der Waals surface area contributed by atoms with Crippen molar-refractivity contribution >= 4 is 0 Å². The summed E-state index contributed by atoms with van der Waals surface area (Å²) >= 11 is 0. The first-order valence-electron chi connectivity index (χ1n) is 7.28. The lowest BCUT2D eigenvalue weighted by molar-refractivity contribution is 0.455. The van der Waals surface area contributed by atoms with E-state index in [0.29, 0.717) is 6.04 Å². The average Bonchev–Trinajstić information content (AvgIpc) is 2.81. The molecule has 3 N–H and O–H groups in total. The fourth-order valence-electron chi connectivity index (χ4n) is 2.88. The second kappa shape index (κ2) is 6.35. The van der Waals surface area contributed by atoms with Crippen LogP contribution >= 0.6 is 0 Å². The molecule has 0 aromatic heterocycles. The average molecular weight is 246 g/mol. The van der Waals surface area contributed by atoms with Crippen molar-refractivity contribution in [2.45, 2.75) is 58.4 Å². The van der Waals surface area contributed by atoms with Gasteiger partial charge in [-0.1, -0.05) is 44.9 Å². The number of fused-ring (bicyclic) bond motifs is 1. The molecule has 0 saturated carbocycles. The van der Waals surface area contributed by atoms with Gasteiger partial charge >= 0.3 is 0 Å². The molecule has 1 aromatic carbocycles. The Kier molecular flexibility index (Phi) is 4.79. The van der Waals surface area contributed by atoms with Crippen molar-refractivity contribution in [3.8, 4) is 0 Å². The molecule has 0 radical (unpaired) electrons. The fraction of sp³-hybridized carbons (Fsp3) is 0.625. The van der Waals surface area contributed by atoms with Crippen LogP contribution in [0.4, 0.5) is 0 Å². The van der Waals surface area contributed by atoms with E-state index in [0.717, 1.165) is 12.3 Å². The molecule has 0 spiro atoms. The highest BCUT2D eigenvalue weighted by molar-refractivity contribution is 5.36. The van der Waals surface area contributed by atoms with Gasteiger partial charge in [0.15, 0.2) is 0 Å². The Morgan fingerprint density at radius 2 is 1.94 bits per heavy atom. The second-order valence-corrected chi connectivity index (χ2v) is 5.93. The Balaban J connectivity index is 1.99. The molecule has 100 valence electrons. The summed E-state index contributed by atoms with van der Waals surface area (Å²) in [5, 5.41) is 0. The van der Waals surface area contributed by atoms with E-state index in [1.807, 2.05) is 0 Å². The number of hydrogen-bond acceptors (Lipinski definition) is 2. The van der Waals surface area contributed by atoms with Gasteiger partial charge in [0.2, 0.25) is 0 Å². The van der Waals surface area contributed by atoms with Gasteiger partial charge in [0.25, 0.3) is 0 Å². The first kappa shape index (κ1) is 13.6. The molecule has 2 rings (SSSR count). The molecule has 0 saturated heterocycles. The molecule has 0 heterocycles. The zero-order chi connectivity index (χ0) is 13.0. The third kappa shape index (κ3) is 3.33. The summed E-state index contributed by atoms with van der Waals surface area (Å²) in [6.45, 7) is 4.56. The maximum Gasteiger partial charge on any atom is 0.0460 e.